The molecular formula is C25H20ClF2N7O3S. The number of hydrogen-bond donors (Lipinski definition) is 1. The fourth-order valence-electron chi connectivity index (χ4n) is 4.09. The van der Waals surface area contributed by atoms with Crippen molar-refractivity contribution in [1.29, 1.82) is 0 Å². The molecule has 0 atom stereocenters. The first-order chi connectivity index (χ1) is 18.6. The molecule has 5 heterocycles. The van der Waals surface area contributed by atoms with E-state index in [2.05, 4.69) is 30.2 Å². The molecule has 0 fully saturated rings. The van der Waals surface area contributed by atoms with Gasteiger partial charge in [0.2, 0.25) is 5.82 Å². The second-order valence-electron chi connectivity index (χ2n) is 8.62. The van der Waals surface area contributed by atoms with Crippen LogP contribution in [0.15, 0.2) is 30.7 Å². The summed E-state index contributed by atoms with van der Waals surface area (Å²) in [5, 5.41) is 3.41. The van der Waals surface area contributed by atoms with Crippen LogP contribution in [0.5, 0.6) is 5.75 Å². The number of ether oxygens (including phenoxy) is 1. The lowest BCUT2D eigenvalue weighted by atomic mass is 10.0. The molecule has 39 heavy (non-hydrogen) atoms. The third-order valence-electron chi connectivity index (χ3n) is 6.03. The number of rotatable bonds is 6. The zero-order valence-corrected chi connectivity index (χ0v) is 22.4. The van der Waals surface area contributed by atoms with Gasteiger partial charge in [0.15, 0.2) is 5.13 Å². The summed E-state index contributed by atoms with van der Waals surface area (Å²) >= 11 is 7.34. The lowest BCUT2D eigenvalue weighted by Gasteiger charge is -2.15. The maximum absolute atomic E-state index is 13.3. The van der Waals surface area contributed by atoms with Gasteiger partial charge in [-0.05, 0) is 26.0 Å². The topological polar surface area (TPSA) is 123 Å². The first-order valence-electron chi connectivity index (χ1n) is 11.5. The fourth-order valence-corrected chi connectivity index (χ4v) is 5.23. The van der Waals surface area contributed by atoms with Crippen molar-refractivity contribution in [3.05, 3.63) is 74.8 Å². The molecular weight excluding hydrogens is 552 g/mol. The Morgan fingerprint density at radius 3 is 2.56 bits per heavy atom. The number of nitrogens with one attached hydrogen (secondary N) is 1. The number of alkyl halides is 2. The number of carbonyl (C=O) groups is 2. The number of nitrogens with zero attached hydrogens (tertiary/aromatic N) is 6. The third kappa shape index (κ3) is 5.27. The zero-order valence-electron chi connectivity index (χ0n) is 20.8. The van der Waals surface area contributed by atoms with Gasteiger partial charge in [-0.25, -0.2) is 28.7 Å². The Hall–Kier alpha value is -4.10. The van der Waals surface area contributed by atoms with Gasteiger partial charge in [0.1, 0.15) is 10.9 Å². The van der Waals surface area contributed by atoms with Crippen molar-refractivity contribution >= 4 is 39.9 Å². The van der Waals surface area contributed by atoms with Gasteiger partial charge in [0.05, 0.1) is 53.8 Å². The Labute approximate surface area is 230 Å². The Morgan fingerprint density at radius 2 is 1.87 bits per heavy atom. The lowest BCUT2D eigenvalue weighted by molar-refractivity contribution is 0.0736. The molecule has 0 bridgehead atoms. The van der Waals surface area contributed by atoms with E-state index in [-0.39, 0.29) is 40.9 Å². The van der Waals surface area contributed by atoms with E-state index in [0.29, 0.717) is 33.4 Å². The van der Waals surface area contributed by atoms with Crippen LogP contribution in [0, 0.1) is 13.8 Å². The van der Waals surface area contributed by atoms with E-state index in [1.807, 2.05) is 0 Å². The molecule has 1 aliphatic heterocycles. The van der Waals surface area contributed by atoms with Gasteiger partial charge in [-0.15, -0.1) is 0 Å². The number of methoxy groups -OCH3 is 1. The minimum atomic E-state index is -2.72. The van der Waals surface area contributed by atoms with Crippen molar-refractivity contribution in [3.63, 3.8) is 0 Å². The Bertz CT molecular complexity index is 1590. The fraction of sp³-hybridized carbons (Fsp3) is 0.240. The molecule has 1 aliphatic rings. The van der Waals surface area contributed by atoms with E-state index < -0.39 is 18.2 Å². The predicted molar refractivity (Wildman–Crippen MR) is 139 cm³/mol. The summed E-state index contributed by atoms with van der Waals surface area (Å²) in [5.41, 5.74) is 2.49. The predicted octanol–water partition coefficient (Wildman–Crippen LogP) is 5.01. The molecule has 4 aromatic heterocycles. The van der Waals surface area contributed by atoms with Crippen LogP contribution in [0.4, 0.5) is 13.9 Å². The van der Waals surface area contributed by atoms with Crippen LogP contribution in [0.1, 0.15) is 54.9 Å². The maximum Gasteiger partial charge on any atom is 0.292 e. The SMILES string of the molecule is COc1cnc(Cl)cc1-c1cc(C)ncc1C(=O)Nc1nc2c(s1)CN(C(=O)c1ncc(C(F)F)c(C)n1)C2. The average molecular weight is 572 g/mol. The largest absolute Gasteiger partial charge is 0.494 e. The van der Waals surface area contributed by atoms with E-state index in [9.17, 15) is 18.4 Å². The van der Waals surface area contributed by atoms with Gasteiger partial charge in [-0.3, -0.25) is 19.9 Å². The van der Waals surface area contributed by atoms with E-state index in [4.69, 9.17) is 16.3 Å². The number of thiazole rings is 1. The monoisotopic (exact) mass is 571 g/mol. The average Bonchev–Trinajstić information content (AvgIpc) is 3.46. The number of aryl methyl sites for hydroxylation is 2. The van der Waals surface area contributed by atoms with Crippen molar-refractivity contribution in [3.8, 4) is 16.9 Å². The van der Waals surface area contributed by atoms with Crippen LogP contribution in [0.2, 0.25) is 5.15 Å². The van der Waals surface area contributed by atoms with Crippen LogP contribution in [-0.4, -0.2) is 48.7 Å². The molecule has 2 amide bonds. The molecule has 200 valence electrons. The van der Waals surface area contributed by atoms with Gasteiger partial charge in [-0.1, -0.05) is 22.9 Å². The second-order valence-corrected chi connectivity index (χ2v) is 10.1. The molecule has 1 N–H and O–H groups in total. The van der Waals surface area contributed by atoms with Crippen molar-refractivity contribution in [2.75, 3.05) is 12.4 Å². The van der Waals surface area contributed by atoms with E-state index in [0.717, 1.165) is 11.1 Å². The van der Waals surface area contributed by atoms with Crippen LogP contribution < -0.4 is 10.1 Å². The zero-order chi connectivity index (χ0) is 27.8. The Morgan fingerprint density at radius 1 is 1.08 bits per heavy atom. The lowest BCUT2D eigenvalue weighted by Crippen LogP contribution is -2.27. The highest BCUT2D eigenvalue weighted by atomic mass is 35.5. The molecule has 0 aliphatic carbocycles. The molecule has 0 aromatic carbocycles. The Kier molecular flexibility index (Phi) is 7.19. The number of fused-ring (bicyclic) bond motifs is 1. The van der Waals surface area contributed by atoms with E-state index >= 15 is 0 Å². The molecule has 0 radical (unpaired) electrons. The Balaban J connectivity index is 1.33. The number of carbonyl (C=O) groups excluding carboxylic acids is 2. The van der Waals surface area contributed by atoms with Crippen LogP contribution in [0.3, 0.4) is 0 Å². The van der Waals surface area contributed by atoms with Gasteiger partial charge in [-0.2, -0.15) is 0 Å². The third-order valence-corrected chi connectivity index (χ3v) is 7.24. The van der Waals surface area contributed by atoms with Crippen molar-refractivity contribution in [2.45, 2.75) is 33.4 Å². The number of aromatic nitrogens is 5. The van der Waals surface area contributed by atoms with Crippen LogP contribution in [-0.2, 0) is 13.1 Å². The molecule has 0 unspecified atom stereocenters. The van der Waals surface area contributed by atoms with E-state index in [1.165, 1.54) is 42.7 Å². The smallest absolute Gasteiger partial charge is 0.292 e. The van der Waals surface area contributed by atoms with Gasteiger partial charge < -0.3 is 9.64 Å². The number of halogens is 3. The highest BCUT2D eigenvalue weighted by Crippen LogP contribution is 2.35. The van der Waals surface area contributed by atoms with Gasteiger partial charge in [0, 0.05) is 29.2 Å². The molecule has 10 nitrogen and oxygen atoms in total. The molecule has 4 aromatic rings. The van der Waals surface area contributed by atoms with Crippen molar-refractivity contribution < 1.29 is 23.1 Å². The summed E-state index contributed by atoms with van der Waals surface area (Å²) < 4.78 is 31.4. The van der Waals surface area contributed by atoms with Gasteiger partial charge >= 0.3 is 0 Å². The summed E-state index contributed by atoms with van der Waals surface area (Å²) in [7, 11) is 1.50. The summed E-state index contributed by atoms with van der Waals surface area (Å²) in [6, 6.07) is 3.37. The molecule has 14 heteroatoms. The quantitative estimate of drug-likeness (QED) is 0.320. The first kappa shape index (κ1) is 26.5. The minimum Gasteiger partial charge on any atom is -0.494 e. The standard InChI is InChI=1S/C25H20ClF2N7O3S/c1-11-4-13(14-5-20(26)30-8-18(14)38-3)16(7-29-11)23(36)34-25-33-17-9-35(10-19(17)39-25)24(37)22-31-6-15(21(27)28)12(2)32-22/h4-8,21H,9-10H2,1-3H3,(H,33,34,36). The van der Waals surface area contributed by atoms with Crippen molar-refractivity contribution in [1.82, 2.24) is 29.8 Å². The highest BCUT2D eigenvalue weighted by Gasteiger charge is 2.30. The maximum atomic E-state index is 13.3. The highest BCUT2D eigenvalue weighted by molar-refractivity contribution is 7.16. The van der Waals surface area contributed by atoms with Crippen molar-refractivity contribution in [2.24, 2.45) is 0 Å². The molecule has 5 rings (SSSR count). The normalized spacial score (nSPS) is 12.5. The summed E-state index contributed by atoms with van der Waals surface area (Å²) in [4.78, 5) is 49.0. The van der Waals surface area contributed by atoms with Crippen LogP contribution >= 0.6 is 22.9 Å². The molecule has 0 saturated carbocycles. The number of anilines is 1. The summed E-state index contributed by atoms with van der Waals surface area (Å²) in [6.45, 7) is 3.61. The number of pyridine rings is 2. The minimum absolute atomic E-state index is 0.0528. The first-order valence-corrected chi connectivity index (χ1v) is 12.7. The van der Waals surface area contributed by atoms with Gasteiger partial charge in [0.25, 0.3) is 18.2 Å². The summed E-state index contributed by atoms with van der Waals surface area (Å²) in [6.07, 6.45) is 1.20. The second kappa shape index (κ2) is 10.6. The number of hydrogen-bond acceptors (Lipinski definition) is 9. The molecule has 0 saturated heterocycles. The summed E-state index contributed by atoms with van der Waals surface area (Å²) in [5.74, 6) is -0.641. The number of amides is 2. The van der Waals surface area contributed by atoms with E-state index in [1.54, 1.807) is 19.1 Å². The molecule has 0 spiro atoms. The van der Waals surface area contributed by atoms with Crippen LogP contribution in [0.25, 0.3) is 11.1 Å².